The third-order valence-electron chi connectivity index (χ3n) is 12.7. The van der Waals surface area contributed by atoms with E-state index >= 15 is 0 Å². The Hall–Kier alpha value is -5.72. The molecule has 0 unspecified atom stereocenters. The molecule has 0 heterocycles. The molecule has 2 aliphatic carbocycles. The first-order valence-electron chi connectivity index (χ1n) is 19.0. The first-order chi connectivity index (χ1) is 25.4. The summed E-state index contributed by atoms with van der Waals surface area (Å²) in [6.45, 7) is 9.51. The maximum absolute atomic E-state index is 2.50. The van der Waals surface area contributed by atoms with Crippen molar-refractivity contribution in [1.29, 1.82) is 0 Å². The van der Waals surface area contributed by atoms with E-state index in [1.807, 2.05) is 0 Å². The number of benzene rings is 8. The molecule has 2 aliphatic rings. The molecule has 250 valence electrons. The van der Waals surface area contributed by atoms with Gasteiger partial charge in [-0.25, -0.2) is 0 Å². The van der Waals surface area contributed by atoms with Crippen LogP contribution in [0.4, 0.5) is 0 Å². The summed E-state index contributed by atoms with van der Waals surface area (Å²) in [7, 11) is 0. The lowest BCUT2D eigenvalue weighted by Crippen LogP contribution is -2.23. The molecule has 10 rings (SSSR count). The van der Waals surface area contributed by atoms with Gasteiger partial charge in [0, 0.05) is 10.8 Å². The van der Waals surface area contributed by atoms with Crippen LogP contribution < -0.4 is 0 Å². The van der Waals surface area contributed by atoms with E-state index in [9.17, 15) is 0 Å². The molecule has 0 saturated heterocycles. The Bertz CT molecular complexity index is 2730. The predicted octanol–water partition coefficient (Wildman–Crippen LogP) is 14.4. The lowest BCUT2D eigenvalue weighted by atomic mass is 9.73. The molecule has 0 aromatic heterocycles. The summed E-state index contributed by atoms with van der Waals surface area (Å²) in [5, 5.41) is 5.08. The van der Waals surface area contributed by atoms with Gasteiger partial charge in [-0.2, -0.15) is 0 Å². The predicted molar refractivity (Wildman–Crippen MR) is 222 cm³/mol. The zero-order valence-corrected chi connectivity index (χ0v) is 30.4. The second kappa shape index (κ2) is 11.4. The molecule has 0 spiro atoms. The van der Waals surface area contributed by atoms with Gasteiger partial charge < -0.3 is 0 Å². The smallest absolute Gasteiger partial charge is 0.0210 e. The van der Waals surface area contributed by atoms with Gasteiger partial charge in [0.15, 0.2) is 0 Å². The fourth-order valence-corrected chi connectivity index (χ4v) is 9.72. The van der Waals surface area contributed by atoms with Crippen LogP contribution in [0.25, 0.3) is 77.2 Å². The molecule has 8 aromatic rings. The highest BCUT2D eigenvalue weighted by molar-refractivity contribution is 5.94. The Morgan fingerprint density at radius 2 is 0.692 bits per heavy atom. The van der Waals surface area contributed by atoms with Gasteiger partial charge in [-0.05, 0) is 149 Å². The number of hydrogen-bond acceptors (Lipinski definition) is 0. The molecule has 0 bridgehead atoms. The van der Waals surface area contributed by atoms with Gasteiger partial charge in [-0.1, -0.05) is 149 Å². The van der Waals surface area contributed by atoms with Crippen LogP contribution in [0.5, 0.6) is 0 Å². The fourth-order valence-electron chi connectivity index (χ4n) is 9.72. The van der Waals surface area contributed by atoms with Gasteiger partial charge in [0.1, 0.15) is 0 Å². The Kier molecular flexibility index (Phi) is 6.80. The zero-order valence-electron chi connectivity index (χ0n) is 30.4. The molecule has 52 heavy (non-hydrogen) atoms. The standard InChI is InChI=1S/C52H42/c1-5-52(6-2)47-14-10-9-13-43(47)46-26-23-42(32-50(46)52)41-22-25-45-44-24-21-40(30-48(44)51(3,4)49(45)31-41)39-20-19-37-28-36(17-18-38(37)29-39)35-16-15-33-11-7-8-12-34(33)27-35/h7-32H,5-6H2,1-4H3. The summed E-state index contributed by atoms with van der Waals surface area (Å²) in [6.07, 6.45) is 2.21. The van der Waals surface area contributed by atoms with Crippen molar-refractivity contribution >= 4 is 21.5 Å². The summed E-state index contributed by atoms with van der Waals surface area (Å²) in [5.41, 5.74) is 19.0. The Morgan fingerprint density at radius 3 is 1.23 bits per heavy atom. The highest BCUT2D eigenvalue weighted by Crippen LogP contribution is 2.54. The first kappa shape index (κ1) is 31.1. The van der Waals surface area contributed by atoms with E-state index in [1.165, 1.54) is 99.4 Å². The van der Waals surface area contributed by atoms with E-state index in [4.69, 9.17) is 0 Å². The molecule has 0 heteroatoms. The summed E-state index contributed by atoms with van der Waals surface area (Å²) >= 11 is 0. The minimum atomic E-state index is -0.105. The van der Waals surface area contributed by atoms with Crippen molar-refractivity contribution in [3.63, 3.8) is 0 Å². The van der Waals surface area contributed by atoms with Gasteiger partial charge >= 0.3 is 0 Å². The van der Waals surface area contributed by atoms with E-state index in [2.05, 4.69) is 185 Å². The van der Waals surface area contributed by atoms with Gasteiger partial charge in [0.25, 0.3) is 0 Å². The summed E-state index contributed by atoms with van der Waals surface area (Å²) < 4.78 is 0. The number of fused-ring (bicyclic) bond motifs is 8. The Labute approximate surface area is 307 Å². The second-order valence-electron chi connectivity index (χ2n) is 15.6. The van der Waals surface area contributed by atoms with Crippen molar-refractivity contribution in [2.75, 3.05) is 0 Å². The highest BCUT2D eigenvalue weighted by Gasteiger charge is 2.41. The number of rotatable bonds is 5. The number of hydrogen-bond donors (Lipinski definition) is 0. The Balaban J connectivity index is 0.981. The molecule has 0 amide bonds. The van der Waals surface area contributed by atoms with Crippen LogP contribution in [0.15, 0.2) is 158 Å². The lowest BCUT2D eigenvalue weighted by molar-refractivity contribution is 0.490. The molecule has 8 aromatic carbocycles. The third kappa shape index (κ3) is 4.47. The van der Waals surface area contributed by atoms with Crippen LogP contribution in [-0.4, -0.2) is 0 Å². The minimum absolute atomic E-state index is 0.0762. The van der Waals surface area contributed by atoms with Crippen molar-refractivity contribution in [3.8, 4) is 55.6 Å². The molecule has 0 N–H and O–H groups in total. The fraction of sp³-hybridized carbons (Fsp3) is 0.154. The summed E-state index contributed by atoms with van der Waals surface area (Å²) in [4.78, 5) is 0. The van der Waals surface area contributed by atoms with E-state index in [-0.39, 0.29) is 10.8 Å². The SMILES string of the molecule is CCC1(CC)c2ccccc2-c2ccc(-c3ccc4c(c3)C(C)(C)c3cc(-c5ccc6cc(-c7ccc8ccccc8c7)ccc6c5)ccc3-4)cc21. The molecular formula is C52H42. The largest absolute Gasteiger partial charge is 0.0642 e. The molecule has 0 fully saturated rings. The summed E-state index contributed by atoms with van der Waals surface area (Å²) in [5.74, 6) is 0. The van der Waals surface area contributed by atoms with E-state index < -0.39 is 0 Å². The first-order valence-corrected chi connectivity index (χ1v) is 19.0. The van der Waals surface area contributed by atoms with E-state index in [0.29, 0.717) is 0 Å². The van der Waals surface area contributed by atoms with Crippen LogP contribution in [0.1, 0.15) is 62.8 Å². The van der Waals surface area contributed by atoms with Crippen molar-refractivity contribution in [2.24, 2.45) is 0 Å². The normalized spacial score (nSPS) is 14.6. The van der Waals surface area contributed by atoms with Gasteiger partial charge in [-0.3, -0.25) is 0 Å². The quantitative estimate of drug-likeness (QED) is 0.171. The average Bonchev–Trinajstić information content (AvgIpc) is 3.61. The van der Waals surface area contributed by atoms with Crippen LogP contribution >= 0.6 is 0 Å². The molecule has 0 nitrogen and oxygen atoms in total. The second-order valence-corrected chi connectivity index (χ2v) is 15.6. The zero-order chi connectivity index (χ0) is 35.2. The Morgan fingerprint density at radius 1 is 0.327 bits per heavy atom. The maximum Gasteiger partial charge on any atom is 0.0210 e. The molecule has 0 radical (unpaired) electrons. The van der Waals surface area contributed by atoms with Gasteiger partial charge in [-0.15, -0.1) is 0 Å². The van der Waals surface area contributed by atoms with Crippen LogP contribution in [0.3, 0.4) is 0 Å². The molecule has 0 saturated carbocycles. The van der Waals surface area contributed by atoms with Crippen molar-refractivity contribution in [3.05, 3.63) is 180 Å². The van der Waals surface area contributed by atoms with Gasteiger partial charge in [0.2, 0.25) is 0 Å². The van der Waals surface area contributed by atoms with Crippen LogP contribution in [-0.2, 0) is 10.8 Å². The summed E-state index contributed by atoms with van der Waals surface area (Å²) in [6, 6.07) is 59.7. The topological polar surface area (TPSA) is 0 Å². The van der Waals surface area contributed by atoms with Crippen molar-refractivity contribution < 1.29 is 0 Å². The maximum atomic E-state index is 2.50. The monoisotopic (exact) mass is 666 g/mol. The third-order valence-corrected chi connectivity index (χ3v) is 12.7. The van der Waals surface area contributed by atoms with Crippen molar-refractivity contribution in [2.45, 2.75) is 51.4 Å². The van der Waals surface area contributed by atoms with Crippen LogP contribution in [0, 0.1) is 0 Å². The van der Waals surface area contributed by atoms with E-state index in [1.54, 1.807) is 0 Å². The van der Waals surface area contributed by atoms with Crippen molar-refractivity contribution in [1.82, 2.24) is 0 Å². The van der Waals surface area contributed by atoms with Crippen LogP contribution in [0.2, 0.25) is 0 Å². The van der Waals surface area contributed by atoms with Gasteiger partial charge in [0.05, 0.1) is 0 Å². The highest BCUT2D eigenvalue weighted by atomic mass is 14.4. The minimum Gasteiger partial charge on any atom is -0.0642 e. The molecule has 0 aliphatic heterocycles. The van der Waals surface area contributed by atoms with E-state index in [0.717, 1.165) is 12.8 Å². The molecule has 0 atom stereocenters. The molecular weight excluding hydrogens is 625 g/mol. The average molecular weight is 667 g/mol. The lowest BCUT2D eigenvalue weighted by Gasteiger charge is -2.30.